The van der Waals surface area contributed by atoms with Crippen molar-refractivity contribution in [1.29, 1.82) is 0 Å². The Kier molecular flexibility index (Phi) is 8.69. The topological polar surface area (TPSA) is 56.7 Å². The van der Waals surface area contributed by atoms with Gasteiger partial charge in [0.05, 0.1) is 6.54 Å². The summed E-state index contributed by atoms with van der Waals surface area (Å²) in [6.45, 7) is 4.37. The Morgan fingerprint density at radius 3 is 2.54 bits per heavy atom. The zero-order valence-corrected chi connectivity index (χ0v) is 18.3. The number of hydrogen-bond donors (Lipinski definition) is 2. The molecule has 1 heterocycles. The summed E-state index contributed by atoms with van der Waals surface area (Å²) in [5.41, 5.74) is 2.59. The lowest BCUT2D eigenvalue weighted by molar-refractivity contribution is -0.117. The maximum atomic E-state index is 13.7. The van der Waals surface area contributed by atoms with Crippen LogP contribution in [0.15, 0.2) is 53.5 Å². The van der Waals surface area contributed by atoms with E-state index in [1.165, 1.54) is 6.07 Å². The van der Waals surface area contributed by atoms with Crippen LogP contribution in [0, 0.1) is 5.82 Å². The highest BCUT2D eigenvalue weighted by Crippen LogP contribution is 2.21. The van der Waals surface area contributed by atoms with Crippen molar-refractivity contribution in [3.05, 3.63) is 65.5 Å². The van der Waals surface area contributed by atoms with E-state index < -0.39 is 0 Å². The molecule has 1 aliphatic heterocycles. The van der Waals surface area contributed by atoms with E-state index in [0.717, 1.165) is 30.8 Å². The van der Waals surface area contributed by atoms with Crippen LogP contribution in [-0.2, 0) is 17.9 Å². The van der Waals surface area contributed by atoms with Gasteiger partial charge in [0.15, 0.2) is 5.96 Å². The van der Waals surface area contributed by atoms with Gasteiger partial charge in [0.1, 0.15) is 5.82 Å². The molecule has 0 aliphatic carbocycles. The molecule has 0 unspecified atom stereocenters. The van der Waals surface area contributed by atoms with E-state index >= 15 is 0 Å². The Morgan fingerprint density at radius 2 is 1.89 bits per heavy atom. The third-order valence-corrected chi connectivity index (χ3v) is 4.49. The van der Waals surface area contributed by atoms with Crippen LogP contribution in [0.5, 0.6) is 0 Å². The molecule has 0 bridgehead atoms. The number of aliphatic imine (C=N–C) groups is 1. The second kappa shape index (κ2) is 11.0. The number of carbonyl (C=O) groups is 1. The summed E-state index contributed by atoms with van der Waals surface area (Å²) < 4.78 is 13.7. The molecule has 150 valence electrons. The minimum absolute atomic E-state index is 0. The van der Waals surface area contributed by atoms with Crippen molar-refractivity contribution in [2.45, 2.75) is 32.9 Å². The van der Waals surface area contributed by atoms with Gasteiger partial charge in [-0.2, -0.15) is 0 Å². The highest BCUT2D eigenvalue weighted by Gasteiger charge is 2.21. The Bertz CT molecular complexity index is 810. The van der Waals surface area contributed by atoms with Crippen LogP contribution in [0.1, 0.15) is 30.9 Å². The lowest BCUT2D eigenvalue weighted by atomic mass is 10.2. The summed E-state index contributed by atoms with van der Waals surface area (Å²) in [5, 5.41) is 6.32. The van der Waals surface area contributed by atoms with Crippen molar-refractivity contribution < 1.29 is 9.18 Å². The summed E-state index contributed by atoms with van der Waals surface area (Å²) in [4.78, 5) is 18.2. The molecule has 1 fully saturated rings. The summed E-state index contributed by atoms with van der Waals surface area (Å²) in [7, 11) is 0. The first-order valence-corrected chi connectivity index (χ1v) is 9.32. The number of nitrogens with zero attached hydrogens (tertiary/aromatic N) is 2. The van der Waals surface area contributed by atoms with E-state index in [4.69, 9.17) is 0 Å². The van der Waals surface area contributed by atoms with Crippen LogP contribution in [-0.4, -0.2) is 25.0 Å². The van der Waals surface area contributed by atoms with Gasteiger partial charge in [-0.25, -0.2) is 9.38 Å². The number of carbonyl (C=O) groups excluding carboxylic acids is 1. The minimum atomic E-state index is -0.229. The average molecular weight is 496 g/mol. The molecular weight excluding hydrogens is 470 g/mol. The summed E-state index contributed by atoms with van der Waals surface area (Å²) in [6.07, 6.45) is 1.55. The molecule has 0 saturated carbocycles. The molecule has 7 heteroatoms. The van der Waals surface area contributed by atoms with Gasteiger partial charge in [-0.3, -0.25) is 4.79 Å². The first-order chi connectivity index (χ1) is 13.2. The van der Waals surface area contributed by atoms with Gasteiger partial charge in [0, 0.05) is 37.3 Å². The van der Waals surface area contributed by atoms with Gasteiger partial charge in [0.25, 0.3) is 0 Å². The van der Waals surface area contributed by atoms with Crippen molar-refractivity contribution in [3.8, 4) is 0 Å². The molecule has 0 spiro atoms. The number of rotatable bonds is 6. The van der Waals surface area contributed by atoms with Gasteiger partial charge in [-0.05, 0) is 37.1 Å². The zero-order chi connectivity index (χ0) is 19.1. The lowest BCUT2D eigenvalue weighted by Gasteiger charge is -2.16. The van der Waals surface area contributed by atoms with Gasteiger partial charge < -0.3 is 15.5 Å². The maximum absolute atomic E-state index is 13.7. The minimum Gasteiger partial charge on any atom is -0.357 e. The largest absolute Gasteiger partial charge is 0.357 e. The first-order valence-electron chi connectivity index (χ1n) is 9.32. The molecule has 2 N–H and O–H groups in total. The van der Waals surface area contributed by atoms with Crippen molar-refractivity contribution in [3.63, 3.8) is 0 Å². The fraction of sp³-hybridized carbons (Fsp3) is 0.333. The third-order valence-electron chi connectivity index (χ3n) is 4.49. The highest BCUT2D eigenvalue weighted by molar-refractivity contribution is 14.0. The normalized spacial score (nSPS) is 14.0. The van der Waals surface area contributed by atoms with E-state index in [1.807, 2.05) is 42.2 Å². The molecule has 0 atom stereocenters. The summed E-state index contributed by atoms with van der Waals surface area (Å²) in [6, 6.07) is 14.6. The maximum Gasteiger partial charge on any atom is 0.227 e. The van der Waals surface area contributed by atoms with E-state index in [-0.39, 0.29) is 35.7 Å². The summed E-state index contributed by atoms with van der Waals surface area (Å²) >= 11 is 0. The van der Waals surface area contributed by atoms with E-state index in [1.54, 1.807) is 12.1 Å². The Hall–Kier alpha value is -2.16. The number of benzene rings is 2. The van der Waals surface area contributed by atoms with Gasteiger partial charge in [-0.15, -0.1) is 24.0 Å². The lowest BCUT2D eigenvalue weighted by Crippen LogP contribution is -2.37. The Labute approximate surface area is 182 Å². The molecular formula is C21H26FIN4O. The van der Waals surface area contributed by atoms with Crippen molar-refractivity contribution >= 4 is 41.5 Å². The molecule has 1 aliphatic rings. The highest BCUT2D eigenvalue weighted by atomic mass is 127. The molecule has 28 heavy (non-hydrogen) atoms. The van der Waals surface area contributed by atoms with Crippen LogP contribution < -0.4 is 15.5 Å². The third kappa shape index (κ3) is 5.92. The quantitative estimate of drug-likeness (QED) is 0.363. The van der Waals surface area contributed by atoms with E-state index in [9.17, 15) is 9.18 Å². The standard InChI is InChI=1S/C21H25FN4O.HI/c1-2-23-21(25-15-17-6-3-4-7-19(17)22)24-14-16-9-11-18(12-10-16)26-13-5-8-20(26)27;/h3-4,6-7,9-12H,2,5,8,13-15H2,1H3,(H2,23,24,25);1H. The molecule has 3 rings (SSSR count). The molecule has 1 saturated heterocycles. The fourth-order valence-electron chi connectivity index (χ4n) is 3.04. The molecule has 2 aromatic carbocycles. The molecule has 2 aromatic rings. The smallest absolute Gasteiger partial charge is 0.227 e. The second-order valence-electron chi connectivity index (χ2n) is 6.46. The monoisotopic (exact) mass is 496 g/mol. The van der Waals surface area contributed by atoms with Crippen LogP contribution >= 0.6 is 24.0 Å². The van der Waals surface area contributed by atoms with Crippen LogP contribution in [0.4, 0.5) is 10.1 Å². The zero-order valence-electron chi connectivity index (χ0n) is 16.0. The Balaban J connectivity index is 0.00000280. The fourth-order valence-corrected chi connectivity index (χ4v) is 3.04. The Morgan fingerprint density at radius 1 is 1.14 bits per heavy atom. The second-order valence-corrected chi connectivity index (χ2v) is 6.46. The van der Waals surface area contributed by atoms with Gasteiger partial charge in [-0.1, -0.05) is 30.3 Å². The number of nitrogens with one attached hydrogen (secondary N) is 2. The average Bonchev–Trinajstić information content (AvgIpc) is 3.11. The van der Waals surface area contributed by atoms with Crippen LogP contribution in [0.3, 0.4) is 0 Å². The number of halogens is 2. The number of guanidine groups is 1. The summed E-state index contributed by atoms with van der Waals surface area (Å²) in [5.74, 6) is 0.597. The van der Waals surface area contributed by atoms with Crippen LogP contribution in [0.2, 0.25) is 0 Å². The van der Waals surface area contributed by atoms with E-state index in [2.05, 4.69) is 15.6 Å². The number of hydrogen-bond acceptors (Lipinski definition) is 2. The van der Waals surface area contributed by atoms with Crippen LogP contribution in [0.25, 0.3) is 0 Å². The van der Waals surface area contributed by atoms with E-state index in [0.29, 0.717) is 31.0 Å². The predicted molar refractivity (Wildman–Crippen MR) is 121 cm³/mol. The van der Waals surface area contributed by atoms with Crippen molar-refractivity contribution in [2.24, 2.45) is 4.99 Å². The SMILES string of the molecule is CCNC(=NCc1ccc(N2CCCC2=O)cc1)NCc1ccccc1F.I. The number of amides is 1. The van der Waals surface area contributed by atoms with Crippen molar-refractivity contribution in [1.82, 2.24) is 10.6 Å². The number of anilines is 1. The van der Waals surface area contributed by atoms with Crippen molar-refractivity contribution in [2.75, 3.05) is 18.0 Å². The molecule has 0 radical (unpaired) electrons. The van der Waals surface area contributed by atoms with Gasteiger partial charge in [0.2, 0.25) is 5.91 Å². The first kappa shape index (κ1) is 22.1. The molecule has 1 amide bonds. The predicted octanol–water partition coefficient (Wildman–Crippen LogP) is 3.83. The van der Waals surface area contributed by atoms with Gasteiger partial charge >= 0.3 is 0 Å². The molecule has 5 nitrogen and oxygen atoms in total. The molecule has 0 aromatic heterocycles.